The maximum Gasteiger partial charge on any atom is 0.230 e. The van der Waals surface area contributed by atoms with E-state index < -0.39 is 5.41 Å². The second kappa shape index (κ2) is 6.50. The zero-order valence-corrected chi connectivity index (χ0v) is 11.7. The maximum atomic E-state index is 12.7. The predicted octanol–water partition coefficient (Wildman–Crippen LogP) is 0.360. The molecular weight excluding hydrogens is 232 g/mol. The van der Waals surface area contributed by atoms with Crippen molar-refractivity contribution in [2.24, 2.45) is 11.1 Å². The number of carbonyl (C=O) groups is 1. The molecule has 1 saturated heterocycles. The molecule has 0 radical (unpaired) electrons. The van der Waals surface area contributed by atoms with Gasteiger partial charge in [-0.15, -0.1) is 0 Å². The van der Waals surface area contributed by atoms with Gasteiger partial charge in [0.1, 0.15) is 0 Å². The summed E-state index contributed by atoms with van der Waals surface area (Å²) < 4.78 is 5.46. The van der Waals surface area contributed by atoms with E-state index in [1.54, 1.807) is 0 Å². The van der Waals surface area contributed by atoms with E-state index in [0.29, 0.717) is 19.7 Å². The standard InChI is InChI=1S/C13H26N2O3/c1-4-13(5-2,9-14)12(17)15-6-11(7-16)18-8-10(15)3/h10-11,16H,4-9,14H2,1-3H3. The molecule has 0 spiro atoms. The quantitative estimate of drug-likeness (QED) is 0.746. The average molecular weight is 258 g/mol. The molecule has 18 heavy (non-hydrogen) atoms. The van der Waals surface area contributed by atoms with E-state index in [9.17, 15) is 4.79 Å². The molecule has 1 fully saturated rings. The maximum absolute atomic E-state index is 12.7. The lowest BCUT2D eigenvalue weighted by atomic mass is 9.80. The summed E-state index contributed by atoms with van der Waals surface area (Å²) in [6, 6.07) is 0.0457. The lowest BCUT2D eigenvalue weighted by Gasteiger charge is -2.42. The summed E-state index contributed by atoms with van der Waals surface area (Å²) in [6.07, 6.45) is 1.22. The summed E-state index contributed by atoms with van der Waals surface area (Å²) in [6.45, 7) is 7.23. The second-order valence-corrected chi connectivity index (χ2v) is 5.14. The number of hydrogen-bond acceptors (Lipinski definition) is 4. The van der Waals surface area contributed by atoms with Gasteiger partial charge >= 0.3 is 0 Å². The minimum absolute atomic E-state index is 0.0457. The number of nitrogens with two attached hydrogens (primary N) is 1. The van der Waals surface area contributed by atoms with Gasteiger partial charge in [-0.05, 0) is 19.8 Å². The SMILES string of the molecule is CCC(CC)(CN)C(=O)N1CC(CO)OCC1C. The first-order valence-electron chi connectivity index (χ1n) is 6.78. The molecule has 0 aliphatic carbocycles. The van der Waals surface area contributed by atoms with Crippen LogP contribution >= 0.6 is 0 Å². The van der Waals surface area contributed by atoms with Crippen LogP contribution in [0.25, 0.3) is 0 Å². The number of amides is 1. The number of aliphatic hydroxyl groups excluding tert-OH is 1. The lowest BCUT2D eigenvalue weighted by Crippen LogP contribution is -2.57. The van der Waals surface area contributed by atoms with Crippen LogP contribution in [0.3, 0.4) is 0 Å². The van der Waals surface area contributed by atoms with Gasteiger partial charge in [0.15, 0.2) is 0 Å². The zero-order chi connectivity index (χ0) is 13.8. The molecule has 1 amide bonds. The third-order valence-corrected chi connectivity index (χ3v) is 4.17. The molecule has 0 aromatic rings. The topological polar surface area (TPSA) is 75.8 Å². The molecule has 1 rings (SSSR count). The minimum Gasteiger partial charge on any atom is -0.394 e. The van der Waals surface area contributed by atoms with Gasteiger partial charge in [0, 0.05) is 13.1 Å². The van der Waals surface area contributed by atoms with E-state index in [1.807, 2.05) is 25.7 Å². The van der Waals surface area contributed by atoms with E-state index in [4.69, 9.17) is 15.6 Å². The first-order chi connectivity index (χ1) is 8.54. The van der Waals surface area contributed by atoms with Gasteiger partial charge in [-0.25, -0.2) is 0 Å². The number of nitrogens with zero attached hydrogens (tertiary/aromatic N) is 1. The van der Waals surface area contributed by atoms with Gasteiger partial charge < -0.3 is 20.5 Å². The van der Waals surface area contributed by atoms with Gasteiger partial charge in [0.2, 0.25) is 5.91 Å². The number of aliphatic hydroxyl groups is 1. The fourth-order valence-corrected chi connectivity index (χ4v) is 2.44. The van der Waals surface area contributed by atoms with Crippen molar-refractivity contribution >= 4 is 5.91 Å². The number of ether oxygens (including phenoxy) is 1. The summed E-state index contributed by atoms with van der Waals surface area (Å²) in [7, 11) is 0. The molecule has 1 aliphatic heterocycles. The van der Waals surface area contributed by atoms with Crippen molar-refractivity contribution < 1.29 is 14.6 Å². The van der Waals surface area contributed by atoms with E-state index in [0.717, 1.165) is 12.8 Å². The highest BCUT2D eigenvalue weighted by molar-refractivity contribution is 5.83. The molecule has 5 nitrogen and oxygen atoms in total. The first-order valence-corrected chi connectivity index (χ1v) is 6.78. The molecule has 0 aromatic carbocycles. The monoisotopic (exact) mass is 258 g/mol. The molecule has 0 saturated carbocycles. The average Bonchev–Trinajstić information content (AvgIpc) is 2.41. The molecule has 1 heterocycles. The fourth-order valence-electron chi connectivity index (χ4n) is 2.44. The number of carbonyl (C=O) groups excluding carboxylic acids is 1. The molecule has 0 aromatic heterocycles. The van der Waals surface area contributed by atoms with E-state index in [1.165, 1.54) is 0 Å². The molecular formula is C13H26N2O3. The Balaban J connectivity index is 2.85. The van der Waals surface area contributed by atoms with E-state index in [-0.39, 0.29) is 24.7 Å². The van der Waals surface area contributed by atoms with Gasteiger partial charge in [0.05, 0.1) is 30.8 Å². The molecule has 3 N–H and O–H groups in total. The van der Waals surface area contributed by atoms with Crippen LogP contribution in [-0.2, 0) is 9.53 Å². The summed E-state index contributed by atoms with van der Waals surface area (Å²) in [5.41, 5.74) is 5.35. The third-order valence-electron chi connectivity index (χ3n) is 4.17. The van der Waals surface area contributed by atoms with E-state index in [2.05, 4.69) is 0 Å². The van der Waals surface area contributed by atoms with Crippen molar-refractivity contribution in [2.75, 3.05) is 26.3 Å². The largest absolute Gasteiger partial charge is 0.394 e. The summed E-state index contributed by atoms with van der Waals surface area (Å²) in [5, 5.41) is 9.16. The summed E-state index contributed by atoms with van der Waals surface area (Å²) >= 11 is 0. The predicted molar refractivity (Wildman–Crippen MR) is 70.1 cm³/mol. The Morgan fingerprint density at radius 3 is 2.56 bits per heavy atom. The fraction of sp³-hybridized carbons (Fsp3) is 0.923. The van der Waals surface area contributed by atoms with Crippen LogP contribution in [0.15, 0.2) is 0 Å². The summed E-state index contributed by atoms with van der Waals surface area (Å²) in [4.78, 5) is 14.5. The highest BCUT2D eigenvalue weighted by Crippen LogP contribution is 2.29. The van der Waals surface area contributed by atoms with Crippen molar-refractivity contribution in [2.45, 2.75) is 45.8 Å². The van der Waals surface area contributed by atoms with Crippen molar-refractivity contribution in [3.63, 3.8) is 0 Å². The lowest BCUT2D eigenvalue weighted by molar-refractivity contribution is -0.156. The minimum atomic E-state index is -0.467. The molecule has 5 heteroatoms. The van der Waals surface area contributed by atoms with Crippen molar-refractivity contribution in [1.82, 2.24) is 4.90 Å². The van der Waals surface area contributed by atoms with Gasteiger partial charge in [-0.1, -0.05) is 13.8 Å². The summed E-state index contributed by atoms with van der Waals surface area (Å²) in [5.74, 6) is 0.101. The molecule has 0 bridgehead atoms. The highest BCUT2D eigenvalue weighted by Gasteiger charge is 2.40. The second-order valence-electron chi connectivity index (χ2n) is 5.14. The Hall–Kier alpha value is -0.650. The third kappa shape index (κ3) is 2.84. The van der Waals surface area contributed by atoms with Crippen LogP contribution in [0.2, 0.25) is 0 Å². The van der Waals surface area contributed by atoms with Crippen LogP contribution in [0.1, 0.15) is 33.6 Å². The van der Waals surface area contributed by atoms with Gasteiger partial charge in [-0.2, -0.15) is 0 Å². The Morgan fingerprint density at radius 1 is 1.50 bits per heavy atom. The Bertz CT molecular complexity index is 271. The van der Waals surface area contributed by atoms with Crippen molar-refractivity contribution in [3.05, 3.63) is 0 Å². The first kappa shape index (κ1) is 15.4. The Labute approximate surface area is 109 Å². The number of morpholine rings is 1. The molecule has 1 aliphatic rings. The van der Waals surface area contributed by atoms with Gasteiger partial charge in [0.25, 0.3) is 0 Å². The van der Waals surface area contributed by atoms with Crippen LogP contribution in [0.5, 0.6) is 0 Å². The normalized spacial score (nSPS) is 25.3. The van der Waals surface area contributed by atoms with Crippen LogP contribution in [0, 0.1) is 5.41 Å². The van der Waals surface area contributed by atoms with Crippen molar-refractivity contribution in [1.29, 1.82) is 0 Å². The molecule has 106 valence electrons. The smallest absolute Gasteiger partial charge is 0.230 e. The Kier molecular flexibility index (Phi) is 5.56. The van der Waals surface area contributed by atoms with E-state index >= 15 is 0 Å². The van der Waals surface area contributed by atoms with Crippen LogP contribution in [0.4, 0.5) is 0 Å². The zero-order valence-electron chi connectivity index (χ0n) is 11.7. The molecule has 2 atom stereocenters. The van der Waals surface area contributed by atoms with Crippen molar-refractivity contribution in [3.8, 4) is 0 Å². The number of rotatable bonds is 5. The van der Waals surface area contributed by atoms with Gasteiger partial charge in [-0.3, -0.25) is 4.79 Å². The molecule has 2 unspecified atom stereocenters. The van der Waals surface area contributed by atoms with Crippen LogP contribution < -0.4 is 5.73 Å². The van der Waals surface area contributed by atoms with Crippen LogP contribution in [-0.4, -0.2) is 54.4 Å². The highest BCUT2D eigenvalue weighted by atomic mass is 16.5. The Morgan fingerprint density at radius 2 is 2.11 bits per heavy atom. The number of hydrogen-bond donors (Lipinski definition) is 2.